The Kier molecular flexibility index (Phi) is 1.84. The normalized spacial score (nSPS) is 8.80. The highest BCUT2D eigenvalue weighted by Crippen LogP contribution is 2.00. The van der Waals surface area contributed by atoms with Gasteiger partial charge in [0.15, 0.2) is 0 Å². The topological polar surface area (TPSA) is 70.1 Å². The van der Waals surface area contributed by atoms with E-state index < -0.39 is 6.03 Å². The van der Waals surface area contributed by atoms with E-state index in [1.165, 1.54) is 6.20 Å². The summed E-state index contributed by atoms with van der Waals surface area (Å²) in [4.78, 5) is 13.9. The summed E-state index contributed by atoms with van der Waals surface area (Å²) < 4.78 is 0. The van der Waals surface area contributed by atoms with Gasteiger partial charge in [-0.3, -0.25) is 4.98 Å². The van der Waals surface area contributed by atoms with Crippen LogP contribution in [0.1, 0.15) is 0 Å². The predicted octanol–water partition coefficient (Wildman–Crippen LogP) is 0.396. The van der Waals surface area contributed by atoms with Crippen LogP contribution in [0.25, 0.3) is 0 Å². The van der Waals surface area contributed by atoms with Crippen molar-refractivity contribution < 1.29 is 4.79 Å². The van der Waals surface area contributed by atoms with Crippen molar-refractivity contribution in [3.05, 3.63) is 24.5 Å². The van der Waals surface area contributed by atoms with Crippen molar-refractivity contribution in [2.75, 3.05) is 0 Å². The Morgan fingerprint density at radius 2 is 2.50 bits per heavy atom. The first-order valence-electron chi connectivity index (χ1n) is 2.70. The van der Waals surface area contributed by atoms with Crippen LogP contribution < -0.4 is 11.1 Å². The number of primary amides is 1. The van der Waals surface area contributed by atoms with Gasteiger partial charge in [0, 0.05) is 6.20 Å². The number of hydrogen-bond acceptors (Lipinski definition) is 2. The highest BCUT2D eigenvalue weighted by Gasteiger charge is 1.95. The van der Waals surface area contributed by atoms with E-state index in [0.717, 1.165) is 0 Å². The van der Waals surface area contributed by atoms with Crippen LogP contribution in [0.15, 0.2) is 24.5 Å². The van der Waals surface area contributed by atoms with Gasteiger partial charge in [0.1, 0.15) is 0 Å². The fraction of sp³-hybridized carbons (Fsp3) is 0. The number of carbonyl (C=O) groups excluding carboxylic acids is 1. The fourth-order valence-electron chi connectivity index (χ4n) is 0.547. The number of amides is 2. The second-order valence-corrected chi connectivity index (χ2v) is 1.66. The smallest absolute Gasteiger partial charge is 0.338 e. The van der Waals surface area contributed by atoms with Crippen LogP contribution >= 0.6 is 0 Å². The minimum Gasteiger partial charge on any atom is -0.350 e. The van der Waals surface area contributed by atoms with Gasteiger partial charge in [0.25, 0.3) is 0 Å². The van der Waals surface area contributed by atoms with Crippen LogP contribution in [0.3, 0.4) is 0 Å². The van der Waals surface area contributed by atoms with Gasteiger partial charge in [-0.25, -0.2) is 4.79 Å². The molecule has 1 radical (unpaired) electrons. The predicted molar refractivity (Wildman–Crippen MR) is 35.6 cm³/mol. The number of pyridine rings is 1. The summed E-state index contributed by atoms with van der Waals surface area (Å²) in [5.41, 5.74) is 5.27. The molecular weight excluding hydrogens is 130 g/mol. The molecule has 0 aliphatic heterocycles. The molecule has 0 saturated carbocycles. The van der Waals surface area contributed by atoms with Gasteiger partial charge in [0.05, 0.1) is 11.9 Å². The highest BCUT2D eigenvalue weighted by molar-refractivity contribution is 5.76. The molecule has 0 saturated heterocycles. The van der Waals surface area contributed by atoms with Crippen molar-refractivity contribution in [3.63, 3.8) is 0 Å². The van der Waals surface area contributed by atoms with Crippen LogP contribution in [0, 0.1) is 0 Å². The van der Waals surface area contributed by atoms with E-state index in [4.69, 9.17) is 5.73 Å². The maximum Gasteiger partial charge on any atom is 0.338 e. The Morgan fingerprint density at radius 1 is 1.70 bits per heavy atom. The molecule has 0 bridgehead atoms. The first-order valence-corrected chi connectivity index (χ1v) is 2.70. The minimum absolute atomic E-state index is 0.481. The third-order valence-electron chi connectivity index (χ3n) is 0.885. The summed E-state index contributed by atoms with van der Waals surface area (Å²) in [5.74, 6) is 0. The summed E-state index contributed by atoms with van der Waals surface area (Å²) >= 11 is 0. The lowest BCUT2D eigenvalue weighted by molar-refractivity contribution is 0.252. The number of urea groups is 1. The first kappa shape index (κ1) is 6.54. The average molecular weight is 136 g/mol. The maximum atomic E-state index is 10.2. The second kappa shape index (κ2) is 2.82. The van der Waals surface area contributed by atoms with Crippen molar-refractivity contribution in [1.82, 2.24) is 10.3 Å². The second-order valence-electron chi connectivity index (χ2n) is 1.66. The molecule has 4 heteroatoms. The number of nitrogens with zero attached hydrogens (tertiary/aromatic N) is 2. The van der Waals surface area contributed by atoms with E-state index in [1.807, 2.05) is 0 Å². The van der Waals surface area contributed by atoms with Crippen molar-refractivity contribution in [1.29, 1.82) is 0 Å². The number of nitrogens with two attached hydrogens (primary N) is 1. The van der Waals surface area contributed by atoms with E-state index in [2.05, 4.69) is 10.3 Å². The van der Waals surface area contributed by atoms with Gasteiger partial charge >= 0.3 is 6.03 Å². The van der Waals surface area contributed by atoms with Crippen LogP contribution in [-0.4, -0.2) is 11.0 Å². The Bertz CT molecular complexity index is 222. The summed E-state index contributed by atoms with van der Waals surface area (Å²) in [6.45, 7) is 0. The Hall–Kier alpha value is -1.58. The van der Waals surface area contributed by atoms with E-state index >= 15 is 0 Å². The lowest BCUT2D eigenvalue weighted by Crippen LogP contribution is -2.18. The number of aromatic nitrogens is 1. The molecule has 0 aromatic carbocycles. The van der Waals surface area contributed by atoms with Gasteiger partial charge in [-0.15, -0.1) is 0 Å². The zero-order valence-electron chi connectivity index (χ0n) is 5.19. The Labute approximate surface area is 58.1 Å². The molecule has 1 aromatic heterocycles. The lowest BCUT2D eigenvalue weighted by Gasteiger charge is -1.93. The monoisotopic (exact) mass is 136 g/mol. The van der Waals surface area contributed by atoms with Crippen molar-refractivity contribution in [2.24, 2.45) is 5.73 Å². The molecule has 10 heavy (non-hydrogen) atoms. The molecule has 2 amide bonds. The zero-order chi connectivity index (χ0) is 7.40. The minimum atomic E-state index is -0.701. The van der Waals surface area contributed by atoms with Crippen molar-refractivity contribution >= 4 is 11.7 Å². The largest absolute Gasteiger partial charge is 0.350 e. The molecule has 0 aliphatic carbocycles. The van der Waals surface area contributed by atoms with E-state index in [1.54, 1.807) is 18.3 Å². The SMILES string of the molecule is NC(=O)[N]c1cccnc1. The zero-order valence-corrected chi connectivity index (χ0v) is 5.19. The molecule has 1 aromatic rings. The summed E-state index contributed by atoms with van der Waals surface area (Å²) in [7, 11) is 0. The van der Waals surface area contributed by atoms with Gasteiger partial charge in [0.2, 0.25) is 0 Å². The average Bonchev–Trinajstić information content (AvgIpc) is 1.88. The van der Waals surface area contributed by atoms with Gasteiger partial charge in [-0.1, -0.05) is 0 Å². The molecule has 0 fully saturated rings. The number of hydrogen-bond donors (Lipinski definition) is 1. The summed E-state index contributed by atoms with van der Waals surface area (Å²) in [6.07, 6.45) is 3.06. The number of carbonyl (C=O) groups is 1. The molecule has 51 valence electrons. The van der Waals surface area contributed by atoms with Crippen LogP contribution in [0.5, 0.6) is 0 Å². The van der Waals surface area contributed by atoms with Crippen molar-refractivity contribution in [3.8, 4) is 0 Å². The van der Waals surface area contributed by atoms with E-state index in [9.17, 15) is 4.79 Å². The third-order valence-corrected chi connectivity index (χ3v) is 0.885. The molecule has 2 N–H and O–H groups in total. The van der Waals surface area contributed by atoms with Crippen molar-refractivity contribution in [2.45, 2.75) is 0 Å². The van der Waals surface area contributed by atoms with Crippen LogP contribution in [0.2, 0.25) is 0 Å². The molecule has 0 aliphatic rings. The molecule has 0 atom stereocenters. The fourth-order valence-corrected chi connectivity index (χ4v) is 0.547. The van der Waals surface area contributed by atoms with Gasteiger partial charge in [-0.2, -0.15) is 5.32 Å². The van der Waals surface area contributed by atoms with E-state index in [-0.39, 0.29) is 0 Å². The molecule has 1 rings (SSSR count). The van der Waals surface area contributed by atoms with Crippen LogP contribution in [0.4, 0.5) is 10.5 Å². The third kappa shape index (κ3) is 1.74. The van der Waals surface area contributed by atoms with Crippen LogP contribution in [-0.2, 0) is 0 Å². The Morgan fingerprint density at radius 3 is 3.00 bits per heavy atom. The number of rotatable bonds is 1. The molecule has 4 nitrogen and oxygen atoms in total. The highest BCUT2D eigenvalue weighted by atomic mass is 16.2. The molecular formula is C6H6N3O. The van der Waals surface area contributed by atoms with Gasteiger partial charge in [-0.05, 0) is 12.1 Å². The molecule has 0 spiro atoms. The molecule has 0 unspecified atom stereocenters. The van der Waals surface area contributed by atoms with E-state index in [0.29, 0.717) is 5.69 Å². The maximum absolute atomic E-state index is 10.2. The van der Waals surface area contributed by atoms with Gasteiger partial charge < -0.3 is 5.73 Å². The first-order chi connectivity index (χ1) is 4.79. The molecule has 1 heterocycles. The summed E-state index contributed by atoms with van der Waals surface area (Å²) in [6, 6.07) is 2.63. The quantitative estimate of drug-likeness (QED) is 0.606. The Balaban J connectivity index is 2.67. The summed E-state index contributed by atoms with van der Waals surface area (Å²) in [5, 5.41) is 3.44. The standard InChI is InChI=1S/C6H6N3O/c7-6(10)9-5-2-1-3-8-4-5/h1-4H,(H2,7,10). The lowest BCUT2D eigenvalue weighted by atomic mass is 10.4.